The van der Waals surface area contributed by atoms with Crippen molar-refractivity contribution in [1.29, 1.82) is 0 Å². The number of nitrogen functional groups attached to an aromatic ring is 1. The van der Waals surface area contributed by atoms with Crippen LogP contribution in [-0.2, 0) is 9.53 Å². The maximum Gasteiger partial charge on any atom is 0.243 e. The van der Waals surface area contributed by atoms with Gasteiger partial charge in [-0.1, -0.05) is 6.07 Å². The number of rotatable bonds is 6. The number of hydrogen-bond donors (Lipinski definition) is 3. The maximum absolute atomic E-state index is 10.4. The second-order valence-electron chi connectivity index (χ2n) is 3.54. The summed E-state index contributed by atoms with van der Waals surface area (Å²) in [7, 11) is 0. The van der Waals surface area contributed by atoms with Crippen LogP contribution in [0.2, 0.25) is 0 Å². The van der Waals surface area contributed by atoms with E-state index in [1.807, 2.05) is 25.1 Å². The van der Waals surface area contributed by atoms with E-state index in [1.165, 1.54) is 0 Å². The third kappa shape index (κ3) is 4.18. The molecule has 5 nitrogen and oxygen atoms in total. The molecule has 0 aromatic heterocycles. The number of benzene rings is 1. The number of amides is 1. The molecule has 0 saturated carbocycles. The Balaban J connectivity index is 2.31. The van der Waals surface area contributed by atoms with Crippen LogP contribution in [0, 0.1) is 6.92 Å². The van der Waals surface area contributed by atoms with Crippen molar-refractivity contribution < 1.29 is 9.53 Å². The Bertz CT molecular complexity index is 366. The van der Waals surface area contributed by atoms with E-state index in [0.717, 1.165) is 11.3 Å². The lowest BCUT2D eigenvalue weighted by atomic mass is 10.2. The van der Waals surface area contributed by atoms with Gasteiger partial charge in [-0.3, -0.25) is 4.79 Å². The Hall–Kier alpha value is -1.75. The first-order valence-electron chi connectivity index (χ1n) is 5.05. The van der Waals surface area contributed by atoms with Gasteiger partial charge in [0.05, 0.1) is 18.0 Å². The monoisotopic (exact) mass is 223 g/mol. The standard InChI is InChI=1S/C11H17N3O2/c1-8-2-3-9(12)10(6-8)14-4-5-16-7-11(13)15/h2-3,6,14H,4-5,7,12H2,1H3,(H2,13,15). The zero-order valence-corrected chi connectivity index (χ0v) is 9.32. The van der Waals surface area contributed by atoms with E-state index in [0.29, 0.717) is 18.8 Å². The number of carbonyl (C=O) groups is 1. The summed E-state index contributed by atoms with van der Waals surface area (Å²) in [4.78, 5) is 10.4. The highest BCUT2D eigenvalue weighted by molar-refractivity contribution is 5.75. The first-order valence-corrected chi connectivity index (χ1v) is 5.05. The predicted molar refractivity (Wildman–Crippen MR) is 64.1 cm³/mol. The van der Waals surface area contributed by atoms with Crippen molar-refractivity contribution in [3.05, 3.63) is 23.8 Å². The molecule has 1 aromatic rings. The maximum atomic E-state index is 10.4. The molecule has 1 rings (SSSR count). The van der Waals surface area contributed by atoms with E-state index in [4.69, 9.17) is 16.2 Å². The fraction of sp³-hybridized carbons (Fsp3) is 0.364. The summed E-state index contributed by atoms with van der Waals surface area (Å²) in [6, 6.07) is 5.76. The zero-order valence-electron chi connectivity index (χ0n) is 9.32. The van der Waals surface area contributed by atoms with E-state index in [-0.39, 0.29) is 6.61 Å². The molecular weight excluding hydrogens is 206 g/mol. The molecule has 88 valence electrons. The molecule has 0 atom stereocenters. The van der Waals surface area contributed by atoms with Crippen LogP contribution >= 0.6 is 0 Å². The number of hydrogen-bond acceptors (Lipinski definition) is 4. The number of ether oxygens (including phenoxy) is 1. The normalized spacial score (nSPS) is 10.1. The number of aryl methyl sites for hydroxylation is 1. The average Bonchev–Trinajstić information content (AvgIpc) is 2.22. The first-order chi connectivity index (χ1) is 7.59. The van der Waals surface area contributed by atoms with Gasteiger partial charge < -0.3 is 21.5 Å². The number of nitrogens with one attached hydrogen (secondary N) is 1. The molecule has 16 heavy (non-hydrogen) atoms. The van der Waals surface area contributed by atoms with Crippen LogP contribution in [0.15, 0.2) is 18.2 Å². The highest BCUT2D eigenvalue weighted by Gasteiger charge is 1.98. The molecule has 0 radical (unpaired) electrons. The van der Waals surface area contributed by atoms with Gasteiger partial charge in [0.25, 0.3) is 0 Å². The summed E-state index contributed by atoms with van der Waals surface area (Å²) in [6.07, 6.45) is 0. The molecule has 0 spiro atoms. The quantitative estimate of drug-likeness (QED) is 0.483. The number of nitrogens with two attached hydrogens (primary N) is 2. The van der Waals surface area contributed by atoms with Crippen LogP contribution in [0.1, 0.15) is 5.56 Å². The molecule has 0 aliphatic rings. The van der Waals surface area contributed by atoms with Gasteiger partial charge in [-0.25, -0.2) is 0 Å². The van der Waals surface area contributed by atoms with E-state index < -0.39 is 5.91 Å². The zero-order chi connectivity index (χ0) is 12.0. The molecule has 0 fully saturated rings. The Kier molecular flexibility index (Phi) is 4.60. The van der Waals surface area contributed by atoms with Crippen LogP contribution in [0.4, 0.5) is 11.4 Å². The van der Waals surface area contributed by atoms with Crippen molar-refractivity contribution in [2.24, 2.45) is 5.73 Å². The summed E-state index contributed by atoms with van der Waals surface area (Å²) in [5.41, 5.74) is 13.4. The first kappa shape index (κ1) is 12.3. The SMILES string of the molecule is Cc1ccc(N)c(NCCOCC(N)=O)c1. The van der Waals surface area contributed by atoms with Crippen molar-refractivity contribution in [2.75, 3.05) is 30.8 Å². The summed E-state index contributed by atoms with van der Waals surface area (Å²) in [5.74, 6) is -0.463. The van der Waals surface area contributed by atoms with E-state index in [9.17, 15) is 4.79 Å². The summed E-state index contributed by atoms with van der Waals surface area (Å²) in [5, 5.41) is 3.13. The van der Waals surface area contributed by atoms with Crippen LogP contribution in [0.5, 0.6) is 0 Å². The van der Waals surface area contributed by atoms with Gasteiger partial charge in [-0.05, 0) is 24.6 Å². The second-order valence-corrected chi connectivity index (χ2v) is 3.54. The minimum atomic E-state index is -0.463. The fourth-order valence-electron chi connectivity index (χ4n) is 1.25. The Morgan fingerprint density at radius 2 is 2.25 bits per heavy atom. The minimum Gasteiger partial charge on any atom is -0.397 e. The lowest BCUT2D eigenvalue weighted by molar-refractivity contribution is -0.122. The van der Waals surface area contributed by atoms with Gasteiger partial charge in [0, 0.05) is 6.54 Å². The lowest BCUT2D eigenvalue weighted by Gasteiger charge is -2.09. The van der Waals surface area contributed by atoms with Crippen LogP contribution < -0.4 is 16.8 Å². The fourth-order valence-corrected chi connectivity index (χ4v) is 1.25. The predicted octanol–water partition coefficient (Wildman–Crippen LogP) is 0.491. The molecule has 0 aliphatic carbocycles. The molecule has 0 heterocycles. The van der Waals surface area contributed by atoms with Crippen LogP contribution in [-0.4, -0.2) is 25.7 Å². The molecule has 1 amide bonds. The lowest BCUT2D eigenvalue weighted by Crippen LogP contribution is -2.20. The van der Waals surface area contributed by atoms with E-state index >= 15 is 0 Å². The second kappa shape index (κ2) is 5.97. The van der Waals surface area contributed by atoms with E-state index in [1.54, 1.807) is 0 Å². The van der Waals surface area contributed by atoms with Gasteiger partial charge in [-0.15, -0.1) is 0 Å². The molecular formula is C11H17N3O2. The van der Waals surface area contributed by atoms with Gasteiger partial charge >= 0.3 is 0 Å². The Labute approximate surface area is 94.8 Å². The van der Waals surface area contributed by atoms with Crippen molar-refractivity contribution in [3.8, 4) is 0 Å². The average molecular weight is 223 g/mol. The van der Waals surface area contributed by atoms with Crippen molar-refractivity contribution in [2.45, 2.75) is 6.92 Å². The smallest absolute Gasteiger partial charge is 0.243 e. The molecule has 5 N–H and O–H groups in total. The molecule has 0 aliphatic heterocycles. The highest BCUT2D eigenvalue weighted by Crippen LogP contribution is 2.18. The topological polar surface area (TPSA) is 90.4 Å². The molecule has 0 unspecified atom stereocenters. The Morgan fingerprint density at radius 1 is 1.50 bits per heavy atom. The molecule has 0 bridgehead atoms. The van der Waals surface area contributed by atoms with Crippen molar-refractivity contribution in [1.82, 2.24) is 0 Å². The third-order valence-corrected chi connectivity index (χ3v) is 2.01. The van der Waals surface area contributed by atoms with Gasteiger partial charge in [0.2, 0.25) is 5.91 Å². The van der Waals surface area contributed by atoms with Gasteiger partial charge in [-0.2, -0.15) is 0 Å². The molecule has 5 heteroatoms. The Morgan fingerprint density at radius 3 is 2.94 bits per heavy atom. The minimum absolute atomic E-state index is 0.0506. The number of anilines is 2. The number of carbonyl (C=O) groups excluding carboxylic acids is 1. The molecule has 1 aromatic carbocycles. The van der Waals surface area contributed by atoms with Crippen molar-refractivity contribution >= 4 is 17.3 Å². The summed E-state index contributed by atoms with van der Waals surface area (Å²) < 4.78 is 5.01. The van der Waals surface area contributed by atoms with Crippen LogP contribution in [0.3, 0.4) is 0 Å². The van der Waals surface area contributed by atoms with E-state index in [2.05, 4.69) is 5.32 Å². The highest BCUT2D eigenvalue weighted by atomic mass is 16.5. The number of primary amides is 1. The van der Waals surface area contributed by atoms with Crippen molar-refractivity contribution in [3.63, 3.8) is 0 Å². The largest absolute Gasteiger partial charge is 0.397 e. The summed E-state index contributed by atoms with van der Waals surface area (Å²) >= 11 is 0. The van der Waals surface area contributed by atoms with Gasteiger partial charge in [0.15, 0.2) is 0 Å². The van der Waals surface area contributed by atoms with Gasteiger partial charge in [0.1, 0.15) is 6.61 Å². The summed E-state index contributed by atoms with van der Waals surface area (Å²) in [6.45, 7) is 2.94. The molecule has 0 saturated heterocycles. The van der Waals surface area contributed by atoms with Crippen LogP contribution in [0.25, 0.3) is 0 Å². The third-order valence-electron chi connectivity index (χ3n) is 2.01.